The van der Waals surface area contributed by atoms with Gasteiger partial charge >= 0.3 is 0 Å². The van der Waals surface area contributed by atoms with Crippen molar-refractivity contribution in [1.29, 1.82) is 5.26 Å². The predicted molar refractivity (Wildman–Crippen MR) is 94.7 cm³/mol. The van der Waals surface area contributed by atoms with Crippen LogP contribution in [0, 0.1) is 11.3 Å². The Balaban J connectivity index is 1.59. The number of nitriles is 1. The standard InChI is InChI=1S/C20H21N3O2/c1-24-17-4-2-3-16-7-12-25-20(19(16)17)8-10-23(11-9-20)18-6-5-15(13-21)14-22-18/h2-6,14H,7-12H2,1H3. The van der Waals surface area contributed by atoms with Crippen LogP contribution in [0.2, 0.25) is 0 Å². The third-order valence-corrected chi connectivity index (χ3v) is 5.31. The molecule has 5 nitrogen and oxygen atoms in total. The van der Waals surface area contributed by atoms with Crippen LogP contribution in [0.25, 0.3) is 0 Å². The van der Waals surface area contributed by atoms with E-state index in [9.17, 15) is 0 Å². The molecular weight excluding hydrogens is 314 g/mol. The molecule has 2 aliphatic rings. The van der Waals surface area contributed by atoms with E-state index in [0.717, 1.165) is 50.5 Å². The van der Waals surface area contributed by atoms with Gasteiger partial charge in [0.2, 0.25) is 0 Å². The van der Waals surface area contributed by atoms with Crippen molar-refractivity contribution in [2.24, 2.45) is 0 Å². The van der Waals surface area contributed by atoms with Crippen LogP contribution >= 0.6 is 0 Å². The van der Waals surface area contributed by atoms with E-state index >= 15 is 0 Å². The van der Waals surface area contributed by atoms with Gasteiger partial charge in [0.05, 0.1) is 19.3 Å². The number of ether oxygens (including phenoxy) is 2. The van der Waals surface area contributed by atoms with Crippen molar-refractivity contribution >= 4 is 5.82 Å². The quantitative estimate of drug-likeness (QED) is 0.844. The summed E-state index contributed by atoms with van der Waals surface area (Å²) in [7, 11) is 1.73. The summed E-state index contributed by atoms with van der Waals surface area (Å²) in [6.07, 6.45) is 4.38. The van der Waals surface area contributed by atoms with E-state index in [4.69, 9.17) is 14.7 Å². The summed E-state index contributed by atoms with van der Waals surface area (Å²) in [5, 5.41) is 8.92. The van der Waals surface area contributed by atoms with Crippen LogP contribution in [0.15, 0.2) is 36.5 Å². The van der Waals surface area contributed by atoms with Crippen molar-refractivity contribution in [3.05, 3.63) is 53.2 Å². The number of hydrogen-bond donors (Lipinski definition) is 0. The molecule has 0 saturated carbocycles. The van der Waals surface area contributed by atoms with Crippen LogP contribution in [0.1, 0.15) is 29.5 Å². The fraction of sp³-hybridized carbons (Fsp3) is 0.400. The maximum Gasteiger partial charge on any atom is 0.128 e. The first kappa shape index (κ1) is 15.9. The van der Waals surface area contributed by atoms with E-state index in [1.54, 1.807) is 13.3 Å². The van der Waals surface area contributed by atoms with Crippen LogP contribution < -0.4 is 9.64 Å². The summed E-state index contributed by atoms with van der Waals surface area (Å²) in [6, 6.07) is 12.1. The summed E-state index contributed by atoms with van der Waals surface area (Å²) >= 11 is 0. The summed E-state index contributed by atoms with van der Waals surface area (Å²) in [5.74, 6) is 1.85. The van der Waals surface area contributed by atoms with Gasteiger partial charge in [0.1, 0.15) is 23.2 Å². The Hall–Kier alpha value is -2.58. The first-order chi connectivity index (χ1) is 12.3. The molecule has 1 saturated heterocycles. The molecule has 0 bridgehead atoms. The average molecular weight is 335 g/mol. The van der Waals surface area contributed by atoms with Crippen molar-refractivity contribution in [3.63, 3.8) is 0 Å². The second-order valence-electron chi connectivity index (χ2n) is 6.59. The molecule has 1 fully saturated rings. The van der Waals surface area contributed by atoms with Gasteiger partial charge in [-0.15, -0.1) is 0 Å². The molecule has 2 aliphatic heterocycles. The molecule has 1 aromatic carbocycles. The van der Waals surface area contributed by atoms with E-state index < -0.39 is 0 Å². The Labute approximate surface area is 147 Å². The second-order valence-corrected chi connectivity index (χ2v) is 6.59. The third-order valence-electron chi connectivity index (χ3n) is 5.31. The van der Waals surface area contributed by atoms with Crippen molar-refractivity contribution < 1.29 is 9.47 Å². The lowest BCUT2D eigenvalue weighted by Gasteiger charge is -2.45. The smallest absolute Gasteiger partial charge is 0.128 e. The molecule has 1 spiro atoms. The van der Waals surface area contributed by atoms with Gasteiger partial charge in [0.25, 0.3) is 0 Å². The Morgan fingerprint density at radius 3 is 2.76 bits per heavy atom. The molecule has 0 radical (unpaired) electrons. The number of piperidine rings is 1. The van der Waals surface area contributed by atoms with E-state index in [0.29, 0.717) is 5.56 Å². The molecular formula is C20H21N3O2. The molecule has 2 aromatic rings. The highest BCUT2D eigenvalue weighted by atomic mass is 16.5. The minimum atomic E-state index is -0.261. The number of methoxy groups -OCH3 is 1. The molecule has 0 unspecified atom stereocenters. The fourth-order valence-electron chi connectivity index (χ4n) is 4.03. The molecule has 4 rings (SSSR count). The van der Waals surface area contributed by atoms with Gasteiger partial charge in [-0.25, -0.2) is 4.98 Å². The largest absolute Gasteiger partial charge is 0.496 e. The highest BCUT2D eigenvalue weighted by Crippen LogP contribution is 2.46. The third kappa shape index (κ3) is 2.73. The number of pyridine rings is 1. The lowest BCUT2D eigenvalue weighted by atomic mass is 9.79. The normalized spacial score (nSPS) is 18.5. The van der Waals surface area contributed by atoms with E-state index in [2.05, 4.69) is 28.1 Å². The van der Waals surface area contributed by atoms with Crippen molar-refractivity contribution in [2.75, 3.05) is 31.7 Å². The molecule has 128 valence electrons. The fourth-order valence-corrected chi connectivity index (χ4v) is 4.03. The molecule has 25 heavy (non-hydrogen) atoms. The van der Waals surface area contributed by atoms with Gasteiger partial charge in [-0.05, 0) is 43.0 Å². The zero-order valence-corrected chi connectivity index (χ0v) is 14.4. The topological polar surface area (TPSA) is 58.4 Å². The summed E-state index contributed by atoms with van der Waals surface area (Å²) < 4.78 is 12.0. The summed E-state index contributed by atoms with van der Waals surface area (Å²) in [6.45, 7) is 2.50. The number of hydrogen-bond acceptors (Lipinski definition) is 5. The van der Waals surface area contributed by atoms with Crippen LogP contribution in [0.5, 0.6) is 5.75 Å². The van der Waals surface area contributed by atoms with Crippen LogP contribution in [0.3, 0.4) is 0 Å². The minimum absolute atomic E-state index is 0.261. The maximum atomic E-state index is 8.92. The second kappa shape index (κ2) is 6.38. The predicted octanol–water partition coefficient (Wildman–Crippen LogP) is 3.03. The first-order valence-corrected chi connectivity index (χ1v) is 8.67. The zero-order valence-electron chi connectivity index (χ0n) is 14.4. The van der Waals surface area contributed by atoms with Crippen molar-refractivity contribution in [1.82, 2.24) is 4.98 Å². The van der Waals surface area contributed by atoms with Gasteiger partial charge in [-0.3, -0.25) is 0 Å². The lowest BCUT2D eigenvalue weighted by molar-refractivity contribution is -0.0780. The number of aromatic nitrogens is 1. The zero-order chi connectivity index (χ0) is 17.3. The van der Waals surface area contributed by atoms with Gasteiger partial charge in [-0.2, -0.15) is 5.26 Å². The SMILES string of the molecule is COc1cccc2c1C1(CCN(c3ccc(C#N)cn3)CC1)OCC2. The minimum Gasteiger partial charge on any atom is -0.496 e. The molecule has 3 heterocycles. The van der Waals surface area contributed by atoms with Crippen LogP contribution in [0.4, 0.5) is 5.82 Å². The molecule has 1 aromatic heterocycles. The Morgan fingerprint density at radius 1 is 1.24 bits per heavy atom. The van der Waals surface area contributed by atoms with Gasteiger partial charge in [0, 0.05) is 24.8 Å². The van der Waals surface area contributed by atoms with E-state index in [-0.39, 0.29) is 5.60 Å². The van der Waals surface area contributed by atoms with Crippen molar-refractivity contribution in [2.45, 2.75) is 24.9 Å². The lowest BCUT2D eigenvalue weighted by Crippen LogP contribution is -2.47. The first-order valence-electron chi connectivity index (χ1n) is 8.67. The number of anilines is 1. The molecule has 0 aliphatic carbocycles. The Kier molecular flexibility index (Phi) is 4.06. The van der Waals surface area contributed by atoms with E-state index in [1.807, 2.05) is 18.2 Å². The van der Waals surface area contributed by atoms with E-state index in [1.165, 1.54) is 11.1 Å². The number of nitrogens with zero attached hydrogens (tertiary/aromatic N) is 3. The Morgan fingerprint density at radius 2 is 2.08 bits per heavy atom. The van der Waals surface area contributed by atoms with Crippen molar-refractivity contribution in [3.8, 4) is 11.8 Å². The highest BCUT2D eigenvalue weighted by Gasteiger charge is 2.43. The summed E-state index contributed by atoms with van der Waals surface area (Å²) in [4.78, 5) is 6.69. The van der Waals surface area contributed by atoms with Gasteiger partial charge in [0.15, 0.2) is 0 Å². The molecule has 5 heteroatoms. The highest BCUT2D eigenvalue weighted by molar-refractivity contribution is 5.48. The van der Waals surface area contributed by atoms with Crippen LogP contribution in [-0.2, 0) is 16.8 Å². The van der Waals surface area contributed by atoms with Gasteiger partial charge < -0.3 is 14.4 Å². The van der Waals surface area contributed by atoms with Gasteiger partial charge in [-0.1, -0.05) is 12.1 Å². The number of benzene rings is 1. The number of rotatable bonds is 2. The monoisotopic (exact) mass is 335 g/mol. The van der Waals surface area contributed by atoms with Crippen LogP contribution in [-0.4, -0.2) is 31.8 Å². The molecule has 0 amide bonds. The molecule has 0 atom stereocenters. The molecule has 0 N–H and O–H groups in total. The number of fused-ring (bicyclic) bond motifs is 2. The summed E-state index contributed by atoms with van der Waals surface area (Å²) in [5.41, 5.74) is 2.90. The average Bonchev–Trinajstić information content (AvgIpc) is 2.68. The maximum absolute atomic E-state index is 8.92. The Bertz CT molecular complexity index is 788.